The quantitative estimate of drug-likeness (QED) is 0.676. The lowest BCUT2D eigenvalue weighted by Gasteiger charge is -2.10. The second kappa shape index (κ2) is 5.36. The number of hydrogen-bond acceptors (Lipinski definition) is 3. The average Bonchev–Trinajstić information content (AvgIpc) is 2.21. The minimum atomic E-state index is -0.837. The molecule has 0 aromatic heterocycles. The van der Waals surface area contributed by atoms with Gasteiger partial charge in [0.25, 0.3) is 0 Å². The van der Waals surface area contributed by atoms with Crippen molar-refractivity contribution in [1.82, 2.24) is 5.32 Å². The highest BCUT2D eigenvalue weighted by Gasteiger charge is 2.13. The van der Waals surface area contributed by atoms with Gasteiger partial charge < -0.3 is 15.5 Å². The van der Waals surface area contributed by atoms with Crippen LogP contribution in [0.2, 0.25) is 0 Å². The number of phenolic OH excluding ortho intramolecular Hbond substituents is 1. The Morgan fingerprint density at radius 1 is 1.40 bits per heavy atom. The van der Waals surface area contributed by atoms with Gasteiger partial charge in [-0.25, -0.2) is 0 Å². The minimum absolute atomic E-state index is 0.224. The first-order valence-corrected chi connectivity index (χ1v) is 4.81. The van der Waals surface area contributed by atoms with Crippen LogP contribution in [0.25, 0.3) is 0 Å². The van der Waals surface area contributed by atoms with Gasteiger partial charge in [0, 0.05) is 0 Å². The summed E-state index contributed by atoms with van der Waals surface area (Å²) in [6, 6.07) is 6.28. The number of rotatable bonds is 5. The molecule has 0 heterocycles. The van der Waals surface area contributed by atoms with Crippen molar-refractivity contribution in [3.63, 3.8) is 0 Å². The molecule has 0 saturated carbocycles. The normalized spacial score (nSPS) is 12.3. The molecule has 4 nitrogen and oxygen atoms in total. The van der Waals surface area contributed by atoms with Crippen LogP contribution in [0.4, 0.5) is 0 Å². The van der Waals surface area contributed by atoms with Gasteiger partial charge in [0.1, 0.15) is 11.8 Å². The van der Waals surface area contributed by atoms with E-state index in [9.17, 15) is 4.79 Å². The summed E-state index contributed by atoms with van der Waals surface area (Å²) in [4.78, 5) is 10.7. The molecule has 0 spiro atoms. The molecule has 3 N–H and O–H groups in total. The fourth-order valence-electron chi connectivity index (χ4n) is 1.36. The van der Waals surface area contributed by atoms with E-state index in [-0.39, 0.29) is 5.75 Å². The molecule has 1 atom stereocenters. The van der Waals surface area contributed by atoms with Crippen molar-refractivity contribution in [2.75, 3.05) is 7.05 Å². The fourth-order valence-corrected chi connectivity index (χ4v) is 1.36. The van der Waals surface area contributed by atoms with Crippen LogP contribution < -0.4 is 5.32 Å². The highest BCUT2D eigenvalue weighted by atomic mass is 16.4. The Hall–Kier alpha value is -1.55. The van der Waals surface area contributed by atoms with Crippen LogP contribution in [-0.4, -0.2) is 29.3 Å². The van der Waals surface area contributed by atoms with Crippen molar-refractivity contribution < 1.29 is 15.0 Å². The standard InChI is InChI=1S/C11H15NO3/c1-12-10(11(14)15)7-4-8-2-5-9(13)6-3-8/h2-3,5-6,10,12-13H,4,7H2,1H3,(H,14,15)/t10-/m0/s1. The minimum Gasteiger partial charge on any atom is -0.508 e. The highest BCUT2D eigenvalue weighted by Crippen LogP contribution is 2.11. The fraction of sp³-hybridized carbons (Fsp3) is 0.364. The molecular formula is C11H15NO3. The van der Waals surface area contributed by atoms with Gasteiger partial charge in [-0.05, 0) is 37.6 Å². The Labute approximate surface area is 88.6 Å². The lowest BCUT2D eigenvalue weighted by molar-refractivity contribution is -0.139. The van der Waals surface area contributed by atoms with E-state index in [1.54, 1.807) is 31.3 Å². The Kier molecular flexibility index (Phi) is 4.12. The summed E-state index contributed by atoms with van der Waals surface area (Å²) >= 11 is 0. The van der Waals surface area contributed by atoms with E-state index in [0.29, 0.717) is 12.8 Å². The number of benzene rings is 1. The SMILES string of the molecule is CN[C@@H](CCc1ccc(O)cc1)C(=O)O. The van der Waals surface area contributed by atoms with Gasteiger partial charge in [0.2, 0.25) is 0 Å². The summed E-state index contributed by atoms with van der Waals surface area (Å²) in [6.45, 7) is 0. The first-order chi connectivity index (χ1) is 7.13. The number of aromatic hydroxyl groups is 1. The number of phenols is 1. The summed E-state index contributed by atoms with van der Waals surface area (Å²) < 4.78 is 0. The maximum Gasteiger partial charge on any atom is 0.320 e. The average molecular weight is 209 g/mol. The summed E-state index contributed by atoms with van der Waals surface area (Å²) in [7, 11) is 1.63. The summed E-state index contributed by atoms with van der Waals surface area (Å²) in [6.07, 6.45) is 1.22. The number of likely N-dealkylation sites (N-methyl/N-ethyl adjacent to an activating group) is 1. The third-order valence-corrected chi connectivity index (χ3v) is 2.30. The molecule has 0 aliphatic heterocycles. The first kappa shape index (κ1) is 11.5. The monoisotopic (exact) mass is 209 g/mol. The van der Waals surface area contributed by atoms with Crippen LogP contribution in [0, 0.1) is 0 Å². The highest BCUT2D eigenvalue weighted by molar-refractivity contribution is 5.73. The zero-order valence-electron chi connectivity index (χ0n) is 8.60. The smallest absolute Gasteiger partial charge is 0.320 e. The maximum atomic E-state index is 10.7. The lowest BCUT2D eigenvalue weighted by atomic mass is 10.1. The van der Waals surface area contributed by atoms with E-state index in [0.717, 1.165) is 5.56 Å². The molecule has 1 aromatic rings. The summed E-state index contributed by atoms with van der Waals surface area (Å²) in [5, 5.41) is 20.6. The van der Waals surface area contributed by atoms with Gasteiger partial charge in [-0.3, -0.25) is 4.79 Å². The van der Waals surface area contributed by atoms with Gasteiger partial charge in [0.15, 0.2) is 0 Å². The van der Waals surface area contributed by atoms with Crippen molar-refractivity contribution in [3.05, 3.63) is 29.8 Å². The van der Waals surface area contributed by atoms with E-state index in [1.165, 1.54) is 0 Å². The second-order valence-corrected chi connectivity index (χ2v) is 3.38. The molecule has 0 bridgehead atoms. The number of carboxylic acid groups (broad SMARTS) is 1. The predicted octanol–water partition coefficient (Wildman–Crippen LogP) is 0.997. The Morgan fingerprint density at radius 2 is 2.00 bits per heavy atom. The number of carboxylic acids is 1. The van der Waals surface area contributed by atoms with Gasteiger partial charge in [0.05, 0.1) is 0 Å². The molecule has 0 fully saturated rings. The molecule has 15 heavy (non-hydrogen) atoms. The van der Waals surface area contributed by atoms with E-state index < -0.39 is 12.0 Å². The van der Waals surface area contributed by atoms with Crippen LogP contribution in [0.1, 0.15) is 12.0 Å². The van der Waals surface area contributed by atoms with E-state index >= 15 is 0 Å². The largest absolute Gasteiger partial charge is 0.508 e. The molecule has 0 unspecified atom stereocenters. The summed E-state index contributed by atoms with van der Waals surface area (Å²) in [5.74, 6) is -0.613. The number of carbonyl (C=O) groups is 1. The second-order valence-electron chi connectivity index (χ2n) is 3.38. The lowest BCUT2D eigenvalue weighted by Crippen LogP contribution is -2.34. The predicted molar refractivity (Wildman–Crippen MR) is 56.9 cm³/mol. The topological polar surface area (TPSA) is 69.6 Å². The molecule has 4 heteroatoms. The van der Waals surface area contributed by atoms with Crippen LogP contribution in [0.3, 0.4) is 0 Å². The van der Waals surface area contributed by atoms with E-state index in [2.05, 4.69) is 5.32 Å². The molecule has 1 aromatic carbocycles. The van der Waals surface area contributed by atoms with Gasteiger partial charge >= 0.3 is 5.97 Å². The van der Waals surface area contributed by atoms with Crippen LogP contribution >= 0.6 is 0 Å². The van der Waals surface area contributed by atoms with E-state index in [4.69, 9.17) is 10.2 Å². The molecule has 0 aliphatic carbocycles. The van der Waals surface area contributed by atoms with Crippen molar-refractivity contribution in [3.8, 4) is 5.75 Å². The van der Waals surface area contributed by atoms with Crippen LogP contribution in [0.5, 0.6) is 5.75 Å². The van der Waals surface area contributed by atoms with Crippen LogP contribution in [-0.2, 0) is 11.2 Å². The third-order valence-electron chi connectivity index (χ3n) is 2.30. The maximum absolute atomic E-state index is 10.7. The Balaban J connectivity index is 2.49. The van der Waals surface area contributed by atoms with Crippen LogP contribution in [0.15, 0.2) is 24.3 Å². The zero-order chi connectivity index (χ0) is 11.3. The van der Waals surface area contributed by atoms with Crippen molar-refractivity contribution in [2.24, 2.45) is 0 Å². The molecule has 0 aliphatic rings. The number of aliphatic carboxylic acids is 1. The number of nitrogens with one attached hydrogen (secondary N) is 1. The Bertz CT molecular complexity index is 321. The van der Waals surface area contributed by atoms with Gasteiger partial charge in [-0.2, -0.15) is 0 Å². The molecular weight excluding hydrogens is 194 g/mol. The zero-order valence-corrected chi connectivity index (χ0v) is 8.60. The van der Waals surface area contributed by atoms with Crippen molar-refractivity contribution >= 4 is 5.97 Å². The first-order valence-electron chi connectivity index (χ1n) is 4.81. The van der Waals surface area contributed by atoms with Gasteiger partial charge in [-0.15, -0.1) is 0 Å². The van der Waals surface area contributed by atoms with Gasteiger partial charge in [-0.1, -0.05) is 12.1 Å². The third kappa shape index (κ3) is 3.59. The molecule has 0 radical (unpaired) electrons. The molecule has 82 valence electrons. The van der Waals surface area contributed by atoms with Crippen molar-refractivity contribution in [1.29, 1.82) is 0 Å². The molecule has 1 rings (SSSR count). The summed E-state index contributed by atoms with van der Waals surface area (Å²) in [5.41, 5.74) is 1.02. The number of hydrogen-bond donors (Lipinski definition) is 3. The molecule has 0 saturated heterocycles. The Morgan fingerprint density at radius 3 is 2.47 bits per heavy atom. The van der Waals surface area contributed by atoms with E-state index in [1.807, 2.05) is 0 Å². The van der Waals surface area contributed by atoms with Crippen molar-refractivity contribution in [2.45, 2.75) is 18.9 Å². The molecule has 0 amide bonds. The number of aryl methyl sites for hydroxylation is 1.